The second-order valence-corrected chi connectivity index (χ2v) is 6.86. The summed E-state index contributed by atoms with van der Waals surface area (Å²) in [6, 6.07) is 0. The zero-order valence-electron chi connectivity index (χ0n) is 12.9. The molecule has 2 saturated heterocycles. The van der Waals surface area contributed by atoms with Crippen molar-refractivity contribution < 1.29 is 9.59 Å². The number of thiazole rings is 1. The van der Waals surface area contributed by atoms with E-state index in [-0.39, 0.29) is 17.7 Å². The van der Waals surface area contributed by atoms with E-state index in [1.54, 1.807) is 23.3 Å². The number of likely N-dealkylation sites (tertiary alicyclic amines) is 1. The van der Waals surface area contributed by atoms with Crippen LogP contribution in [0, 0.1) is 5.92 Å². The fourth-order valence-corrected chi connectivity index (χ4v) is 3.81. The number of aromatic nitrogens is 1. The lowest BCUT2D eigenvalue weighted by atomic mass is 9.95. The van der Waals surface area contributed by atoms with Gasteiger partial charge in [0.25, 0.3) is 0 Å². The molecule has 2 fully saturated rings. The van der Waals surface area contributed by atoms with Crippen LogP contribution in [0.3, 0.4) is 0 Å². The summed E-state index contributed by atoms with van der Waals surface area (Å²) < 4.78 is 0. The Kier molecular flexibility index (Phi) is 4.61. The highest BCUT2D eigenvalue weighted by atomic mass is 32.1. The SMILES string of the molecule is CN1CC[C@H](C(=O)N2CCCN(c3nccs3)CC2)CC1=O. The molecule has 7 heteroatoms. The summed E-state index contributed by atoms with van der Waals surface area (Å²) in [5.74, 6) is 0.112. The molecule has 0 saturated carbocycles. The lowest BCUT2D eigenvalue weighted by Gasteiger charge is -2.31. The summed E-state index contributed by atoms with van der Waals surface area (Å²) in [6.07, 6.45) is 3.92. The predicted molar refractivity (Wildman–Crippen MR) is 85.9 cm³/mol. The van der Waals surface area contributed by atoms with E-state index in [1.165, 1.54) is 0 Å². The first-order valence-corrected chi connectivity index (χ1v) is 8.70. The molecule has 0 radical (unpaired) electrons. The van der Waals surface area contributed by atoms with Crippen molar-refractivity contribution in [2.45, 2.75) is 19.3 Å². The van der Waals surface area contributed by atoms with Gasteiger partial charge in [-0.2, -0.15) is 0 Å². The number of hydrogen-bond acceptors (Lipinski definition) is 5. The Labute approximate surface area is 134 Å². The number of rotatable bonds is 2. The Balaban J connectivity index is 1.58. The minimum atomic E-state index is -0.130. The van der Waals surface area contributed by atoms with E-state index in [9.17, 15) is 9.59 Å². The van der Waals surface area contributed by atoms with Crippen LogP contribution in [-0.2, 0) is 9.59 Å². The van der Waals surface area contributed by atoms with E-state index in [4.69, 9.17) is 0 Å². The molecule has 0 N–H and O–H groups in total. The van der Waals surface area contributed by atoms with E-state index in [1.807, 2.05) is 16.5 Å². The molecule has 2 aliphatic rings. The smallest absolute Gasteiger partial charge is 0.226 e. The molecule has 0 spiro atoms. The van der Waals surface area contributed by atoms with Gasteiger partial charge in [-0.15, -0.1) is 11.3 Å². The molecule has 120 valence electrons. The molecular formula is C15H22N4O2S. The Morgan fingerprint density at radius 1 is 1.27 bits per heavy atom. The fraction of sp³-hybridized carbons (Fsp3) is 0.667. The van der Waals surface area contributed by atoms with Crippen molar-refractivity contribution in [3.8, 4) is 0 Å². The minimum Gasteiger partial charge on any atom is -0.346 e. The second kappa shape index (κ2) is 6.64. The quantitative estimate of drug-likeness (QED) is 0.817. The van der Waals surface area contributed by atoms with Crippen molar-refractivity contribution in [3.63, 3.8) is 0 Å². The number of carbonyl (C=O) groups excluding carboxylic acids is 2. The average Bonchev–Trinajstić information content (AvgIpc) is 2.94. The van der Waals surface area contributed by atoms with Crippen molar-refractivity contribution in [2.75, 3.05) is 44.7 Å². The van der Waals surface area contributed by atoms with E-state index in [0.717, 1.165) is 44.2 Å². The van der Waals surface area contributed by atoms with Crippen LogP contribution in [0.1, 0.15) is 19.3 Å². The lowest BCUT2D eigenvalue weighted by Crippen LogP contribution is -2.44. The maximum Gasteiger partial charge on any atom is 0.226 e. The summed E-state index contributed by atoms with van der Waals surface area (Å²) >= 11 is 1.64. The van der Waals surface area contributed by atoms with Gasteiger partial charge in [0, 0.05) is 63.7 Å². The van der Waals surface area contributed by atoms with Gasteiger partial charge >= 0.3 is 0 Å². The molecule has 22 heavy (non-hydrogen) atoms. The number of anilines is 1. The van der Waals surface area contributed by atoms with Gasteiger partial charge in [0.1, 0.15) is 0 Å². The highest BCUT2D eigenvalue weighted by Crippen LogP contribution is 2.22. The minimum absolute atomic E-state index is 0.0869. The molecule has 6 nitrogen and oxygen atoms in total. The number of amides is 2. The molecule has 0 aromatic carbocycles. The zero-order chi connectivity index (χ0) is 15.5. The van der Waals surface area contributed by atoms with Crippen LogP contribution in [0.2, 0.25) is 0 Å². The van der Waals surface area contributed by atoms with Gasteiger partial charge < -0.3 is 14.7 Å². The highest BCUT2D eigenvalue weighted by Gasteiger charge is 2.32. The molecule has 0 aliphatic carbocycles. The first kappa shape index (κ1) is 15.3. The van der Waals surface area contributed by atoms with Crippen LogP contribution >= 0.6 is 11.3 Å². The van der Waals surface area contributed by atoms with Crippen LogP contribution in [0.4, 0.5) is 5.13 Å². The van der Waals surface area contributed by atoms with Gasteiger partial charge in [0.05, 0.1) is 0 Å². The Bertz CT molecular complexity index is 534. The molecule has 1 aromatic heterocycles. The van der Waals surface area contributed by atoms with Gasteiger partial charge in [0.2, 0.25) is 11.8 Å². The van der Waals surface area contributed by atoms with Crippen LogP contribution in [0.5, 0.6) is 0 Å². The van der Waals surface area contributed by atoms with Gasteiger partial charge in [0.15, 0.2) is 5.13 Å². The normalized spacial score (nSPS) is 23.6. The number of carbonyl (C=O) groups is 2. The summed E-state index contributed by atoms with van der Waals surface area (Å²) in [5, 5.41) is 3.01. The molecule has 3 heterocycles. The van der Waals surface area contributed by atoms with Crippen LogP contribution in [0.25, 0.3) is 0 Å². The van der Waals surface area contributed by atoms with Gasteiger partial charge in [-0.1, -0.05) is 0 Å². The maximum atomic E-state index is 12.7. The highest BCUT2D eigenvalue weighted by molar-refractivity contribution is 7.13. The average molecular weight is 322 g/mol. The molecule has 2 amide bonds. The van der Waals surface area contributed by atoms with Crippen molar-refractivity contribution in [1.82, 2.24) is 14.8 Å². The van der Waals surface area contributed by atoms with Crippen molar-refractivity contribution >= 4 is 28.3 Å². The van der Waals surface area contributed by atoms with Gasteiger partial charge in [-0.25, -0.2) is 4.98 Å². The third kappa shape index (κ3) is 3.24. The van der Waals surface area contributed by atoms with Crippen molar-refractivity contribution in [2.24, 2.45) is 5.92 Å². The topological polar surface area (TPSA) is 56.8 Å². The molecular weight excluding hydrogens is 300 g/mol. The first-order chi connectivity index (χ1) is 10.6. The Morgan fingerprint density at radius 2 is 2.14 bits per heavy atom. The van der Waals surface area contributed by atoms with Gasteiger partial charge in [-0.3, -0.25) is 9.59 Å². The standard InChI is InChI=1S/C15H22N4O2S/c1-17-7-3-12(11-13(17)20)14(21)18-5-2-6-19(9-8-18)15-16-4-10-22-15/h4,10,12H,2-3,5-9,11H2,1H3/t12-/m0/s1. The fourth-order valence-electron chi connectivity index (χ4n) is 3.11. The van der Waals surface area contributed by atoms with Gasteiger partial charge in [-0.05, 0) is 12.8 Å². The molecule has 1 aromatic rings. The first-order valence-electron chi connectivity index (χ1n) is 7.82. The largest absolute Gasteiger partial charge is 0.346 e. The Morgan fingerprint density at radius 3 is 2.86 bits per heavy atom. The molecule has 0 unspecified atom stereocenters. The van der Waals surface area contributed by atoms with Crippen LogP contribution in [-0.4, -0.2) is 66.4 Å². The number of hydrogen-bond donors (Lipinski definition) is 0. The lowest BCUT2D eigenvalue weighted by molar-refractivity contribution is -0.144. The van der Waals surface area contributed by atoms with E-state index < -0.39 is 0 Å². The summed E-state index contributed by atoms with van der Waals surface area (Å²) in [4.78, 5) is 34.7. The molecule has 0 bridgehead atoms. The van der Waals surface area contributed by atoms with Crippen molar-refractivity contribution in [1.29, 1.82) is 0 Å². The van der Waals surface area contributed by atoms with E-state index >= 15 is 0 Å². The molecule has 2 aliphatic heterocycles. The van der Waals surface area contributed by atoms with Crippen molar-refractivity contribution in [3.05, 3.63) is 11.6 Å². The van der Waals surface area contributed by atoms with E-state index in [0.29, 0.717) is 13.0 Å². The Hall–Kier alpha value is -1.63. The maximum absolute atomic E-state index is 12.7. The second-order valence-electron chi connectivity index (χ2n) is 5.99. The third-order valence-corrected chi connectivity index (χ3v) is 5.34. The molecule has 1 atom stereocenters. The summed E-state index contributed by atoms with van der Waals surface area (Å²) in [5.41, 5.74) is 0. The summed E-state index contributed by atoms with van der Waals surface area (Å²) in [7, 11) is 1.81. The van der Waals surface area contributed by atoms with Crippen LogP contribution < -0.4 is 4.90 Å². The summed E-state index contributed by atoms with van der Waals surface area (Å²) in [6.45, 7) is 3.94. The monoisotopic (exact) mass is 322 g/mol. The number of piperidine rings is 1. The molecule has 3 rings (SSSR count). The third-order valence-electron chi connectivity index (χ3n) is 4.51. The van der Waals surface area contributed by atoms with Crippen LogP contribution in [0.15, 0.2) is 11.6 Å². The van der Waals surface area contributed by atoms with E-state index in [2.05, 4.69) is 9.88 Å². The number of nitrogens with zero attached hydrogens (tertiary/aromatic N) is 4. The zero-order valence-corrected chi connectivity index (χ0v) is 13.7. The predicted octanol–water partition coefficient (Wildman–Crippen LogP) is 1.05.